The molecule has 3 N–H and O–H groups in total. The van der Waals surface area contributed by atoms with E-state index in [0.717, 1.165) is 6.42 Å². The van der Waals surface area contributed by atoms with Crippen molar-refractivity contribution in [3.8, 4) is 0 Å². The molecule has 0 saturated carbocycles. The molecule has 3 rings (SSSR count). The number of amides is 2. The third-order valence-corrected chi connectivity index (χ3v) is 4.84. The summed E-state index contributed by atoms with van der Waals surface area (Å²) in [5, 5.41) is 6.21. The van der Waals surface area contributed by atoms with Crippen LogP contribution in [-0.4, -0.2) is 41.5 Å². The van der Waals surface area contributed by atoms with E-state index in [1.807, 2.05) is 13.0 Å². The fourth-order valence-corrected chi connectivity index (χ4v) is 3.25. The fraction of sp³-hybridized carbons (Fsp3) is 0.333. The Morgan fingerprint density at radius 3 is 2.78 bits per heavy atom. The summed E-state index contributed by atoms with van der Waals surface area (Å²) in [5.41, 5.74) is 1.51. The highest BCUT2D eigenvalue weighted by Gasteiger charge is 2.09. The quantitative estimate of drug-likeness (QED) is 0.400. The van der Waals surface area contributed by atoms with Gasteiger partial charge >= 0.3 is 0 Å². The minimum atomic E-state index is -0.191. The Kier molecular flexibility index (Phi) is 8.51. The largest absolute Gasteiger partial charge is 0.382 e. The van der Waals surface area contributed by atoms with Gasteiger partial charge in [0, 0.05) is 43.9 Å². The zero-order valence-corrected chi connectivity index (χ0v) is 18.1. The molecule has 0 spiro atoms. The molecule has 1 heterocycles. The Morgan fingerprint density at radius 2 is 1.94 bits per heavy atom. The lowest BCUT2D eigenvalue weighted by Gasteiger charge is -2.09. The van der Waals surface area contributed by atoms with Crippen molar-refractivity contribution in [3.63, 3.8) is 0 Å². The summed E-state index contributed by atoms with van der Waals surface area (Å²) in [6, 6.07) is 14.0. The maximum absolute atomic E-state index is 12.3. The first-order valence-electron chi connectivity index (χ1n) is 10.8. The van der Waals surface area contributed by atoms with Crippen LogP contribution < -0.4 is 16.2 Å². The van der Waals surface area contributed by atoms with Crippen LogP contribution in [0.2, 0.25) is 0 Å². The average molecular weight is 437 g/mol. The molecule has 0 aliphatic rings. The van der Waals surface area contributed by atoms with Gasteiger partial charge in [0.1, 0.15) is 5.82 Å². The van der Waals surface area contributed by atoms with Gasteiger partial charge in [0.05, 0.1) is 10.9 Å². The molecule has 1 aromatic heterocycles. The number of aromatic amines is 1. The Labute approximate surface area is 186 Å². The van der Waals surface area contributed by atoms with Crippen LogP contribution in [0.25, 0.3) is 10.9 Å². The summed E-state index contributed by atoms with van der Waals surface area (Å²) in [7, 11) is 0. The molecular formula is C24H28N4O4. The lowest BCUT2D eigenvalue weighted by atomic mass is 10.1. The van der Waals surface area contributed by atoms with Gasteiger partial charge in [-0.15, -0.1) is 0 Å². The predicted molar refractivity (Wildman–Crippen MR) is 124 cm³/mol. The van der Waals surface area contributed by atoms with Crippen LogP contribution in [0.5, 0.6) is 0 Å². The number of hydrogen-bond donors (Lipinski definition) is 3. The molecule has 8 heteroatoms. The van der Waals surface area contributed by atoms with Crippen molar-refractivity contribution in [1.82, 2.24) is 15.3 Å². The number of aryl methyl sites for hydroxylation is 1. The number of hydrogen-bond acceptors (Lipinski definition) is 5. The monoisotopic (exact) mass is 436 g/mol. The number of ether oxygens (including phenoxy) is 1. The lowest BCUT2D eigenvalue weighted by molar-refractivity contribution is -0.116. The Bertz CT molecular complexity index is 1130. The smallest absolute Gasteiger partial charge is 0.258 e. The van der Waals surface area contributed by atoms with Gasteiger partial charge in [-0.1, -0.05) is 18.2 Å². The van der Waals surface area contributed by atoms with Gasteiger partial charge in [0.25, 0.3) is 11.5 Å². The van der Waals surface area contributed by atoms with Crippen molar-refractivity contribution < 1.29 is 14.3 Å². The molecular weight excluding hydrogens is 408 g/mol. The second kappa shape index (κ2) is 11.8. The third-order valence-electron chi connectivity index (χ3n) is 4.84. The number of carbonyl (C=O) groups excluding carboxylic acids is 2. The van der Waals surface area contributed by atoms with Crippen molar-refractivity contribution in [2.45, 2.75) is 32.6 Å². The van der Waals surface area contributed by atoms with Crippen molar-refractivity contribution >= 4 is 28.4 Å². The van der Waals surface area contributed by atoms with Gasteiger partial charge in [-0.3, -0.25) is 14.4 Å². The van der Waals surface area contributed by atoms with Gasteiger partial charge in [0.2, 0.25) is 5.91 Å². The maximum atomic E-state index is 12.3. The standard InChI is InChI=1S/C24H28N4O4/c1-2-32-15-7-14-25-23(30)17-8-5-9-18(16-17)26-22(29)13-6-12-21-27-20-11-4-3-10-19(20)24(31)28-21/h3-5,8-11,16H,2,6-7,12-15H2,1H3,(H,25,30)(H,26,29)(H,27,28,31). The number of nitrogens with zero attached hydrogens (tertiary/aromatic N) is 1. The molecule has 2 amide bonds. The molecule has 0 atom stereocenters. The normalized spacial score (nSPS) is 10.8. The van der Waals surface area contributed by atoms with Crippen molar-refractivity contribution in [3.05, 3.63) is 70.3 Å². The number of fused-ring (bicyclic) bond motifs is 1. The van der Waals surface area contributed by atoms with Crippen molar-refractivity contribution in [2.75, 3.05) is 25.1 Å². The zero-order valence-electron chi connectivity index (χ0n) is 18.1. The molecule has 0 aliphatic carbocycles. The summed E-state index contributed by atoms with van der Waals surface area (Å²) >= 11 is 0. The number of nitrogens with one attached hydrogen (secondary N) is 3. The summed E-state index contributed by atoms with van der Waals surface area (Å²) in [5.74, 6) is 0.204. The maximum Gasteiger partial charge on any atom is 0.258 e. The summed E-state index contributed by atoms with van der Waals surface area (Å²) < 4.78 is 5.25. The highest BCUT2D eigenvalue weighted by molar-refractivity contribution is 5.97. The minimum Gasteiger partial charge on any atom is -0.382 e. The van der Waals surface area contributed by atoms with Crippen LogP contribution in [0.4, 0.5) is 5.69 Å². The summed E-state index contributed by atoms with van der Waals surface area (Å²) in [6.07, 6.45) is 2.03. The molecule has 2 aromatic carbocycles. The molecule has 32 heavy (non-hydrogen) atoms. The Balaban J connectivity index is 1.47. The molecule has 8 nitrogen and oxygen atoms in total. The van der Waals surface area contributed by atoms with Gasteiger partial charge in [-0.2, -0.15) is 0 Å². The first-order chi connectivity index (χ1) is 15.6. The van der Waals surface area contributed by atoms with E-state index >= 15 is 0 Å². The van der Waals surface area contributed by atoms with E-state index in [2.05, 4.69) is 20.6 Å². The predicted octanol–water partition coefficient (Wildman–Crippen LogP) is 3.04. The van der Waals surface area contributed by atoms with Crippen LogP contribution in [0.1, 0.15) is 42.4 Å². The van der Waals surface area contributed by atoms with Crippen molar-refractivity contribution in [1.29, 1.82) is 0 Å². The van der Waals surface area contributed by atoms with Crippen LogP contribution >= 0.6 is 0 Å². The summed E-state index contributed by atoms with van der Waals surface area (Å²) in [6.45, 7) is 3.72. The number of aromatic nitrogens is 2. The Morgan fingerprint density at radius 1 is 1.09 bits per heavy atom. The van der Waals surface area contributed by atoms with Gasteiger partial charge in [-0.25, -0.2) is 4.98 Å². The van der Waals surface area contributed by atoms with Gasteiger partial charge < -0.3 is 20.4 Å². The molecule has 0 bridgehead atoms. The Hall–Kier alpha value is -3.52. The van der Waals surface area contributed by atoms with Crippen molar-refractivity contribution in [2.24, 2.45) is 0 Å². The molecule has 3 aromatic rings. The second-order valence-corrected chi connectivity index (χ2v) is 7.32. The van der Waals surface area contributed by atoms with Crippen LogP contribution in [-0.2, 0) is 16.0 Å². The van der Waals surface area contributed by atoms with E-state index in [0.29, 0.717) is 60.6 Å². The number of benzene rings is 2. The lowest BCUT2D eigenvalue weighted by Crippen LogP contribution is -2.25. The van der Waals surface area contributed by atoms with E-state index in [-0.39, 0.29) is 23.8 Å². The van der Waals surface area contributed by atoms with E-state index in [1.54, 1.807) is 42.5 Å². The topological polar surface area (TPSA) is 113 Å². The van der Waals surface area contributed by atoms with E-state index in [4.69, 9.17) is 4.74 Å². The number of rotatable bonds is 11. The highest BCUT2D eigenvalue weighted by Crippen LogP contribution is 2.12. The van der Waals surface area contributed by atoms with E-state index in [9.17, 15) is 14.4 Å². The van der Waals surface area contributed by atoms with E-state index < -0.39 is 0 Å². The minimum absolute atomic E-state index is 0.164. The number of anilines is 1. The van der Waals surface area contributed by atoms with Gasteiger partial charge in [0.15, 0.2) is 0 Å². The number of H-pyrrole nitrogens is 1. The molecule has 0 radical (unpaired) electrons. The zero-order chi connectivity index (χ0) is 22.8. The average Bonchev–Trinajstić information content (AvgIpc) is 2.79. The number of para-hydroxylation sites is 1. The molecule has 0 unspecified atom stereocenters. The fourth-order valence-electron chi connectivity index (χ4n) is 3.25. The molecule has 0 saturated heterocycles. The third kappa shape index (κ3) is 6.75. The highest BCUT2D eigenvalue weighted by atomic mass is 16.5. The molecule has 0 fully saturated rings. The first kappa shape index (κ1) is 23.1. The van der Waals surface area contributed by atoms with Gasteiger partial charge in [-0.05, 0) is 50.1 Å². The summed E-state index contributed by atoms with van der Waals surface area (Å²) in [4.78, 5) is 43.9. The first-order valence-corrected chi connectivity index (χ1v) is 10.8. The number of carbonyl (C=O) groups is 2. The molecule has 0 aliphatic heterocycles. The molecule has 168 valence electrons. The van der Waals surface area contributed by atoms with Crippen LogP contribution in [0.15, 0.2) is 53.3 Å². The SMILES string of the molecule is CCOCCCNC(=O)c1cccc(NC(=O)CCCc2nc3ccccc3c(=O)[nH]2)c1. The second-order valence-electron chi connectivity index (χ2n) is 7.32. The van der Waals surface area contributed by atoms with Crippen LogP contribution in [0, 0.1) is 0 Å². The van der Waals surface area contributed by atoms with E-state index in [1.165, 1.54) is 0 Å². The van der Waals surface area contributed by atoms with Crippen LogP contribution in [0.3, 0.4) is 0 Å².